The SMILES string of the molecule is CCn1ncc(Cl)c1C(O)c1cc(F)cc(Br)c1. The lowest BCUT2D eigenvalue weighted by molar-refractivity contribution is 0.207. The van der Waals surface area contributed by atoms with Crippen molar-refractivity contribution in [3.05, 3.63) is 51.0 Å². The molecule has 1 atom stereocenters. The van der Waals surface area contributed by atoms with E-state index in [1.54, 1.807) is 10.7 Å². The number of aliphatic hydroxyl groups excluding tert-OH is 1. The lowest BCUT2D eigenvalue weighted by atomic mass is 10.1. The maximum absolute atomic E-state index is 13.3. The van der Waals surface area contributed by atoms with Gasteiger partial charge in [-0.2, -0.15) is 5.10 Å². The van der Waals surface area contributed by atoms with E-state index in [0.29, 0.717) is 27.3 Å². The van der Waals surface area contributed by atoms with Gasteiger partial charge in [-0.05, 0) is 30.7 Å². The summed E-state index contributed by atoms with van der Waals surface area (Å²) in [7, 11) is 0. The molecule has 0 aliphatic heterocycles. The molecule has 0 aliphatic rings. The molecule has 1 N–H and O–H groups in total. The van der Waals surface area contributed by atoms with Crippen LogP contribution in [0.2, 0.25) is 5.02 Å². The Labute approximate surface area is 117 Å². The average Bonchev–Trinajstić information content (AvgIpc) is 2.68. The van der Waals surface area contributed by atoms with E-state index in [1.165, 1.54) is 18.3 Å². The molecule has 0 bridgehead atoms. The molecule has 0 saturated carbocycles. The van der Waals surface area contributed by atoms with E-state index in [4.69, 9.17) is 11.6 Å². The zero-order valence-electron chi connectivity index (χ0n) is 9.57. The zero-order chi connectivity index (χ0) is 13.3. The Balaban J connectivity index is 2.47. The predicted molar refractivity (Wildman–Crippen MR) is 71.1 cm³/mol. The van der Waals surface area contributed by atoms with Gasteiger partial charge in [0.15, 0.2) is 0 Å². The molecule has 0 amide bonds. The van der Waals surface area contributed by atoms with Crippen LogP contribution in [-0.4, -0.2) is 14.9 Å². The van der Waals surface area contributed by atoms with Crippen molar-refractivity contribution in [3.63, 3.8) is 0 Å². The van der Waals surface area contributed by atoms with Gasteiger partial charge >= 0.3 is 0 Å². The second-order valence-electron chi connectivity index (χ2n) is 3.80. The molecule has 0 saturated heterocycles. The van der Waals surface area contributed by atoms with Crippen LogP contribution in [0.1, 0.15) is 24.3 Å². The summed E-state index contributed by atoms with van der Waals surface area (Å²) >= 11 is 9.19. The van der Waals surface area contributed by atoms with Crippen molar-refractivity contribution in [2.75, 3.05) is 0 Å². The Hall–Kier alpha value is -0.910. The molecule has 0 radical (unpaired) electrons. The topological polar surface area (TPSA) is 38.0 Å². The van der Waals surface area contributed by atoms with Crippen LogP contribution in [0.5, 0.6) is 0 Å². The predicted octanol–water partition coefficient (Wildman–Crippen LogP) is 3.54. The molecule has 2 rings (SSSR count). The molecule has 1 aromatic carbocycles. The maximum Gasteiger partial charge on any atom is 0.124 e. The van der Waals surface area contributed by atoms with Gasteiger partial charge in [0.2, 0.25) is 0 Å². The molecule has 18 heavy (non-hydrogen) atoms. The number of aryl methyl sites for hydroxylation is 1. The van der Waals surface area contributed by atoms with Crippen molar-refractivity contribution in [3.8, 4) is 0 Å². The number of rotatable bonds is 3. The smallest absolute Gasteiger partial charge is 0.124 e. The van der Waals surface area contributed by atoms with Gasteiger partial charge in [0.05, 0.1) is 16.9 Å². The van der Waals surface area contributed by atoms with Crippen LogP contribution < -0.4 is 0 Å². The number of aliphatic hydroxyl groups is 1. The Kier molecular flexibility index (Phi) is 4.04. The molecule has 0 fully saturated rings. The van der Waals surface area contributed by atoms with Gasteiger partial charge in [-0.25, -0.2) is 4.39 Å². The second kappa shape index (κ2) is 5.38. The largest absolute Gasteiger partial charge is 0.382 e. The van der Waals surface area contributed by atoms with Crippen LogP contribution >= 0.6 is 27.5 Å². The molecule has 2 aromatic rings. The number of hydrogen-bond donors (Lipinski definition) is 1. The summed E-state index contributed by atoms with van der Waals surface area (Å²) in [6.07, 6.45) is 0.463. The minimum absolute atomic E-state index is 0.365. The van der Waals surface area contributed by atoms with Crippen molar-refractivity contribution < 1.29 is 9.50 Å². The third kappa shape index (κ3) is 2.58. The van der Waals surface area contributed by atoms with E-state index >= 15 is 0 Å². The number of halogens is 3. The first-order valence-electron chi connectivity index (χ1n) is 5.38. The molecule has 6 heteroatoms. The van der Waals surface area contributed by atoms with Gasteiger partial charge in [-0.15, -0.1) is 0 Å². The van der Waals surface area contributed by atoms with E-state index < -0.39 is 11.9 Å². The number of hydrogen-bond acceptors (Lipinski definition) is 2. The Morgan fingerprint density at radius 2 is 2.22 bits per heavy atom. The highest BCUT2D eigenvalue weighted by Crippen LogP contribution is 2.30. The van der Waals surface area contributed by atoms with Gasteiger partial charge < -0.3 is 5.11 Å². The standard InChI is InChI=1S/C12H11BrClFN2O/c1-2-17-11(10(14)6-16-17)12(18)7-3-8(13)5-9(15)4-7/h3-6,12,18H,2H2,1H3. The molecule has 1 heterocycles. The van der Waals surface area contributed by atoms with Gasteiger partial charge in [0, 0.05) is 11.0 Å². The fourth-order valence-corrected chi connectivity index (χ4v) is 2.51. The summed E-state index contributed by atoms with van der Waals surface area (Å²) in [6.45, 7) is 2.47. The zero-order valence-corrected chi connectivity index (χ0v) is 11.9. The number of aromatic nitrogens is 2. The van der Waals surface area contributed by atoms with Crippen molar-refractivity contribution in [2.45, 2.75) is 19.6 Å². The van der Waals surface area contributed by atoms with Crippen LogP contribution in [-0.2, 0) is 6.54 Å². The van der Waals surface area contributed by atoms with Crippen molar-refractivity contribution in [1.29, 1.82) is 0 Å². The van der Waals surface area contributed by atoms with Gasteiger partial charge in [0.25, 0.3) is 0 Å². The lowest BCUT2D eigenvalue weighted by Crippen LogP contribution is -2.09. The fourth-order valence-electron chi connectivity index (χ4n) is 1.79. The highest BCUT2D eigenvalue weighted by Gasteiger charge is 2.20. The van der Waals surface area contributed by atoms with Crippen LogP contribution in [0.3, 0.4) is 0 Å². The van der Waals surface area contributed by atoms with E-state index in [2.05, 4.69) is 21.0 Å². The number of nitrogens with zero attached hydrogens (tertiary/aromatic N) is 2. The van der Waals surface area contributed by atoms with E-state index in [1.807, 2.05) is 6.92 Å². The van der Waals surface area contributed by atoms with Gasteiger partial charge in [0.1, 0.15) is 11.9 Å². The van der Waals surface area contributed by atoms with Crippen LogP contribution in [0.25, 0.3) is 0 Å². The quantitative estimate of drug-likeness (QED) is 0.933. The lowest BCUT2D eigenvalue weighted by Gasteiger charge is -2.14. The van der Waals surface area contributed by atoms with Gasteiger partial charge in [-0.1, -0.05) is 27.5 Å². The summed E-state index contributed by atoms with van der Waals surface area (Å²) in [5.41, 5.74) is 0.899. The molecule has 3 nitrogen and oxygen atoms in total. The first-order chi connectivity index (χ1) is 8.52. The average molecular weight is 334 g/mol. The van der Waals surface area contributed by atoms with Crippen LogP contribution in [0, 0.1) is 5.82 Å². The van der Waals surface area contributed by atoms with Crippen molar-refractivity contribution in [1.82, 2.24) is 9.78 Å². The molecule has 96 valence electrons. The molecule has 1 aromatic heterocycles. The third-order valence-corrected chi connectivity index (χ3v) is 3.34. The third-order valence-electron chi connectivity index (χ3n) is 2.59. The summed E-state index contributed by atoms with van der Waals surface area (Å²) in [6, 6.07) is 4.25. The molecule has 1 unspecified atom stereocenters. The first kappa shape index (κ1) is 13.5. The molecule has 0 aliphatic carbocycles. The fraction of sp³-hybridized carbons (Fsp3) is 0.250. The monoisotopic (exact) mass is 332 g/mol. The second-order valence-corrected chi connectivity index (χ2v) is 5.12. The summed E-state index contributed by atoms with van der Waals surface area (Å²) in [4.78, 5) is 0. The van der Waals surface area contributed by atoms with E-state index in [0.717, 1.165) is 0 Å². The Bertz CT molecular complexity index is 553. The van der Waals surface area contributed by atoms with E-state index in [-0.39, 0.29) is 0 Å². The Morgan fingerprint density at radius 1 is 1.50 bits per heavy atom. The number of benzene rings is 1. The van der Waals surface area contributed by atoms with Gasteiger partial charge in [-0.3, -0.25) is 4.68 Å². The molecular formula is C12H11BrClFN2O. The first-order valence-corrected chi connectivity index (χ1v) is 6.55. The summed E-state index contributed by atoms with van der Waals surface area (Å²) in [5.74, 6) is -0.419. The van der Waals surface area contributed by atoms with Crippen molar-refractivity contribution >= 4 is 27.5 Å². The molecule has 0 spiro atoms. The summed E-state index contributed by atoms with van der Waals surface area (Å²) < 4.78 is 15.5. The highest BCUT2D eigenvalue weighted by molar-refractivity contribution is 9.10. The van der Waals surface area contributed by atoms with Crippen molar-refractivity contribution in [2.24, 2.45) is 0 Å². The van der Waals surface area contributed by atoms with Crippen LogP contribution in [0.4, 0.5) is 4.39 Å². The van der Waals surface area contributed by atoms with E-state index in [9.17, 15) is 9.50 Å². The minimum Gasteiger partial charge on any atom is -0.382 e. The normalized spacial score (nSPS) is 12.7. The summed E-state index contributed by atoms with van der Waals surface area (Å²) in [5, 5.41) is 14.7. The Morgan fingerprint density at radius 3 is 2.83 bits per heavy atom. The highest BCUT2D eigenvalue weighted by atomic mass is 79.9. The maximum atomic E-state index is 13.3. The van der Waals surface area contributed by atoms with Crippen LogP contribution in [0.15, 0.2) is 28.9 Å². The molecular weight excluding hydrogens is 322 g/mol. The minimum atomic E-state index is -1.01.